The molecule has 3 rings (SSSR count). The number of aryl methyl sites for hydroxylation is 2. The van der Waals surface area contributed by atoms with Crippen LogP contribution in [-0.4, -0.2) is 6.61 Å². The van der Waals surface area contributed by atoms with Crippen molar-refractivity contribution in [3.8, 4) is 17.2 Å². The topological polar surface area (TPSA) is 48.7 Å². The van der Waals surface area contributed by atoms with Crippen LogP contribution in [0.4, 0.5) is 0 Å². The SMILES string of the molecule is CCCCCOc1ccc2c(=O)c(Oc3cc(C)c(Cl)c(C)c3)coc2c1. The highest BCUT2D eigenvalue weighted by molar-refractivity contribution is 6.32. The van der Waals surface area contributed by atoms with Gasteiger partial charge in [-0.1, -0.05) is 31.4 Å². The first-order chi connectivity index (χ1) is 13.0. The van der Waals surface area contributed by atoms with Crippen molar-refractivity contribution in [2.24, 2.45) is 0 Å². The van der Waals surface area contributed by atoms with Crippen molar-refractivity contribution in [2.45, 2.75) is 40.0 Å². The van der Waals surface area contributed by atoms with Gasteiger partial charge in [0.25, 0.3) is 0 Å². The second-order valence-corrected chi connectivity index (χ2v) is 6.99. The van der Waals surface area contributed by atoms with Crippen molar-refractivity contribution in [1.29, 1.82) is 0 Å². The Bertz CT molecular complexity index is 984. The lowest BCUT2D eigenvalue weighted by Gasteiger charge is -2.10. The quantitative estimate of drug-likeness (QED) is 0.439. The standard InChI is InChI=1S/C22H23ClO4/c1-4-5-6-9-25-16-7-8-18-19(12-16)26-13-20(22(18)24)27-17-10-14(2)21(23)15(3)11-17/h7-8,10-13H,4-6,9H2,1-3H3. The minimum atomic E-state index is -0.223. The van der Waals surface area contributed by atoms with Gasteiger partial charge in [0.15, 0.2) is 0 Å². The van der Waals surface area contributed by atoms with E-state index in [1.165, 1.54) is 6.26 Å². The molecule has 0 aliphatic heterocycles. The van der Waals surface area contributed by atoms with Crippen LogP contribution >= 0.6 is 11.6 Å². The van der Waals surface area contributed by atoms with E-state index in [1.807, 2.05) is 13.8 Å². The molecule has 142 valence electrons. The molecule has 3 aromatic rings. The fourth-order valence-electron chi connectivity index (χ4n) is 2.89. The number of halogens is 1. The number of rotatable bonds is 7. The average Bonchev–Trinajstić information content (AvgIpc) is 2.65. The Hall–Kier alpha value is -2.46. The Labute approximate surface area is 163 Å². The molecule has 0 bridgehead atoms. The number of fused-ring (bicyclic) bond motifs is 1. The van der Waals surface area contributed by atoms with E-state index in [4.69, 9.17) is 25.5 Å². The van der Waals surface area contributed by atoms with E-state index in [0.717, 1.165) is 30.4 Å². The molecule has 0 amide bonds. The fourth-order valence-corrected chi connectivity index (χ4v) is 2.99. The Morgan fingerprint density at radius 1 is 1.04 bits per heavy atom. The Balaban J connectivity index is 1.84. The van der Waals surface area contributed by atoms with Crippen LogP contribution in [0.1, 0.15) is 37.3 Å². The third kappa shape index (κ3) is 4.45. The fraction of sp³-hybridized carbons (Fsp3) is 0.318. The van der Waals surface area contributed by atoms with Crippen LogP contribution in [0.25, 0.3) is 11.0 Å². The predicted octanol–water partition coefficient (Wildman–Crippen LogP) is 6.42. The zero-order valence-electron chi connectivity index (χ0n) is 15.8. The minimum absolute atomic E-state index is 0.139. The molecule has 0 fully saturated rings. The number of hydrogen-bond acceptors (Lipinski definition) is 4. The molecule has 0 saturated heterocycles. The summed E-state index contributed by atoms with van der Waals surface area (Å²) in [6.45, 7) is 6.59. The lowest BCUT2D eigenvalue weighted by molar-refractivity contribution is 0.306. The van der Waals surface area contributed by atoms with Gasteiger partial charge in [-0.05, 0) is 55.7 Å². The van der Waals surface area contributed by atoms with Gasteiger partial charge in [-0.15, -0.1) is 0 Å². The largest absolute Gasteiger partial charge is 0.493 e. The highest BCUT2D eigenvalue weighted by Crippen LogP contribution is 2.29. The summed E-state index contributed by atoms with van der Waals surface area (Å²) in [6, 6.07) is 8.83. The molecule has 0 N–H and O–H groups in total. The molecule has 0 spiro atoms. The monoisotopic (exact) mass is 386 g/mol. The van der Waals surface area contributed by atoms with E-state index < -0.39 is 0 Å². The van der Waals surface area contributed by atoms with Crippen LogP contribution in [-0.2, 0) is 0 Å². The van der Waals surface area contributed by atoms with E-state index in [2.05, 4.69) is 6.92 Å². The van der Waals surface area contributed by atoms with Gasteiger partial charge in [0.2, 0.25) is 11.2 Å². The second kappa shape index (κ2) is 8.49. The Morgan fingerprint density at radius 3 is 2.48 bits per heavy atom. The molecule has 0 radical (unpaired) electrons. The molecule has 2 aromatic carbocycles. The normalized spacial score (nSPS) is 11.0. The third-order valence-electron chi connectivity index (χ3n) is 4.37. The maximum Gasteiger partial charge on any atom is 0.235 e. The molecule has 1 aromatic heterocycles. The summed E-state index contributed by atoms with van der Waals surface area (Å²) in [7, 11) is 0. The molecule has 1 heterocycles. The van der Waals surface area contributed by atoms with Crippen molar-refractivity contribution in [3.05, 3.63) is 63.0 Å². The van der Waals surface area contributed by atoms with Gasteiger partial charge in [-0.25, -0.2) is 0 Å². The zero-order chi connectivity index (χ0) is 19.4. The summed E-state index contributed by atoms with van der Waals surface area (Å²) < 4.78 is 17.1. The van der Waals surface area contributed by atoms with Gasteiger partial charge < -0.3 is 13.9 Å². The molecular formula is C22H23ClO4. The van der Waals surface area contributed by atoms with Gasteiger partial charge in [-0.2, -0.15) is 0 Å². The van der Waals surface area contributed by atoms with Gasteiger partial charge in [0.05, 0.1) is 12.0 Å². The molecule has 0 unspecified atom stereocenters. The van der Waals surface area contributed by atoms with Crippen LogP contribution in [0, 0.1) is 13.8 Å². The van der Waals surface area contributed by atoms with Crippen LogP contribution < -0.4 is 14.9 Å². The summed E-state index contributed by atoms with van der Waals surface area (Å²) in [6.07, 6.45) is 4.62. The maximum absolute atomic E-state index is 12.7. The number of hydrogen-bond donors (Lipinski definition) is 0. The molecule has 4 nitrogen and oxygen atoms in total. The molecule has 5 heteroatoms. The van der Waals surface area contributed by atoms with Crippen molar-refractivity contribution < 1.29 is 13.9 Å². The summed E-state index contributed by atoms with van der Waals surface area (Å²) in [4.78, 5) is 12.7. The molecule has 0 saturated carbocycles. The van der Waals surface area contributed by atoms with Crippen molar-refractivity contribution in [1.82, 2.24) is 0 Å². The van der Waals surface area contributed by atoms with Crippen LogP contribution in [0.3, 0.4) is 0 Å². The van der Waals surface area contributed by atoms with E-state index in [-0.39, 0.29) is 11.2 Å². The predicted molar refractivity (Wildman–Crippen MR) is 109 cm³/mol. The van der Waals surface area contributed by atoms with Gasteiger partial charge in [-0.3, -0.25) is 4.79 Å². The maximum atomic E-state index is 12.7. The molecule has 0 atom stereocenters. The summed E-state index contributed by atoms with van der Waals surface area (Å²) in [5.41, 5.74) is 2.03. The zero-order valence-corrected chi connectivity index (χ0v) is 16.6. The van der Waals surface area contributed by atoms with Crippen LogP contribution in [0.2, 0.25) is 5.02 Å². The number of ether oxygens (including phenoxy) is 2. The first-order valence-electron chi connectivity index (χ1n) is 9.12. The Kier molecular flexibility index (Phi) is 6.07. The van der Waals surface area contributed by atoms with Gasteiger partial charge in [0.1, 0.15) is 23.3 Å². The van der Waals surface area contributed by atoms with E-state index >= 15 is 0 Å². The molecule has 0 aliphatic carbocycles. The highest BCUT2D eigenvalue weighted by atomic mass is 35.5. The summed E-state index contributed by atoms with van der Waals surface area (Å²) >= 11 is 6.18. The van der Waals surface area contributed by atoms with E-state index in [1.54, 1.807) is 30.3 Å². The summed E-state index contributed by atoms with van der Waals surface area (Å²) in [5.74, 6) is 1.39. The lowest BCUT2D eigenvalue weighted by atomic mass is 10.1. The van der Waals surface area contributed by atoms with Crippen molar-refractivity contribution >= 4 is 22.6 Å². The third-order valence-corrected chi connectivity index (χ3v) is 4.96. The smallest absolute Gasteiger partial charge is 0.235 e. The van der Waals surface area contributed by atoms with E-state index in [0.29, 0.717) is 34.1 Å². The van der Waals surface area contributed by atoms with Gasteiger partial charge >= 0.3 is 0 Å². The Morgan fingerprint density at radius 2 is 1.78 bits per heavy atom. The highest BCUT2D eigenvalue weighted by Gasteiger charge is 2.12. The van der Waals surface area contributed by atoms with Crippen LogP contribution in [0.5, 0.6) is 17.2 Å². The number of unbranched alkanes of at least 4 members (excludes halogenated alkanes) is 2. The first kappa shape index (κ1) is 19.3. The van der Waals surface area contributed by atoms with E-state index in [9.17, 15) is 4.79 Å². The van der Waals surface area contributed by atoms with Crippen molar-refractivity contribution in [2.75, 3.05) is 6.61 Å². The minimum Gasteiger partial charge on any atom is -0.493 e. The van der Waals surface area contributed by atoms with Gasteiger partial charge in [0, 0.05) is 11.1 Å². The average molecular weight is 387 g/mol. The molecule has 27 heavy (non-hydrogen) atoms. The van der Waals surface area contributed by atoms with Crippen LogP contribution in [0.15, 0.2) is 45.8 Å². The number of benzene rings is 2. The van der Waals surface area contributed by atoms with Crippen molar-refractivity contribution in [3.63, 3.8) is 0 Å². The second-order valence-electron chi connectivity index (χ2n) is 6.62. The lowest BCUT2D eigenvalue weighted by Crippen LogP contribution is -2.05. The first-order valence-corrected chi connectivity index (χ1v) is 9.50. The summed E-state index contributed by atoms with van der Waals surface area (Å²) in [5, 5.41) is 1.15. The molecule has 0 aliphatic rings. The molecular weight excluding hydrogens is 364 g/mol.